The zero-order chi connectivity index (χ0) is 13.9. The quantitative estimate of drug-likeness (QED) is 0.738. The van der Waals surface area contributed by atoms with E-state index in [9.17, 15) is 4.79 Å². The number of thiophene rings is 1. The Labute approximate surface area is 129 Å². The lowest BCUT2D eigenvalue weighted by molar-refractivity contribution is 0.0953. The molecule has 1 heterocycles. The Balaban J connectivity index is 1.83. The van der Waals surface area contributed by atoms with Crippen molar-refractivity contribution in [1.82, 2.24) is 5.32 Å². The van der Waals surface area contributed by atoms with Crippen LogP contribution in [-0.2, 0) is 6.54 Å². The van der Waals surface area contributed by atoms with E-state index in [4.69, 9.17) is 0 Å². The third-order valence-electron chi connectivity index (χ3n) is 3.09. The number of rotatable bonds is 3. The van der Waals surface area contributed by atoms with Gasteiger partial charge in [-0.15, -0.1) is 11.3 Å². The number of fused-ring (bicyclic) bond motifs is 1. The molecule has 0 saturated carbocycles. The van der Waals surface area contributed by atoms with E-state index in [1.165, 1.54) is 0 Å². The Morgan fingerprint density at radius 2 is 1.90 bits per heavy atom. The fraction of sp³-hybridized carbons (Fsp3) is 0.0625. The van der Waals surface area contributed by atoms with Gasteiger partial charge in [-0.2, -0.15) is 0 Å². The van der Waals surface area contributed by atoms with Crippen LogP contribution in [0, 0.1) is 0 Å². The van der Waals surface area contributed by atoms with Gasteiger partial charge in [0.1, 0.15) is 0 Å². The first kappa shape index (κ1) is 13.3. The van der Waals surface area contributed by atoms with Crippen molar-refractivity contribution >= 4 is 43.3 Å². The molecule has 0 spiro atoms. The molecule has 0 aliphatic carbocycles. The van der Waals surface area contributed by atoms with E-state index in [2.05, 4.69) is 21.2 Å². The van der Waals surface area contributed by atoms with Gasteiger partial charge in [-0.1, -0.05) is 52.3 Å². The first-order valence-electron chi connectivity index (χ1n) is 6.23. The van der Waals surface area contributed by atoms with Gasteiger partial charge in [0.2, 0.25) is 0 Å². The van der Waals surface area contributed by atoms with Gasteiger partial charge in [0.25, 0.3) is 5.91 Å². The molecule has 1 N–H and O–H groups in total. The van der Waals surface area contributed by atoms with E-state index in [0.29, 0.717) is 6.54 Å². The molecule has 0 bridgehead atoms. The first-order valence-corrected chi connectivity index (χ1v) is 7.91. The molecule has 100 valence electrons. The van der Waals surface area contributed by atoms with Crippen molar-refractivity contribution in [2.24, 2.45) is 0 Å². The lowest BCUT2D eigenvalue weighted by Gasteiger charge is -2.05. The van der Waals surface area contributed by atoms with Crippen molar-refractivity contribution in [3.63, 3.8) is 0 Å². The van der Waals surface area contributed by atoms with E-state index < -0.39 is 0 Å². The molecule has 0 saturated heterocycles. The maximum atomic E-state index is 12.3. The molecule has 0 radical (unpaired) electrons. The zero-order valence-electron chi connectivity index (χ0n) is 10.6. The highest BCUT2D eigenvalue weighted by molar-refractivity contribution is 9.10. The summed E-state index contributed by atoms with van der Waals surface area (Å²) in [6, 6.07) is 15.9. The van der Waals surface area contributed by atoms with Gasteiger partial charge < -0.3 is 5.32 Å². The van der Waals surface area contributed by atoms with Crippen LogP contribution in [0.25, 0.3) is 10.1 Å². The summed E-state index contributed by atoms with van der Waals surface area (Å²) in [5.74, 6) is -0.0352. The van der Waals surface area contributed by atoms with Crippen molar-refractivity contribution in [1.29, 1.82) is 0 Å². The average molecular weight is 346 g/mol. The highest BCUT2D eigenvalue weighted by Crippen LogP contribution is 2.32. The Bertz CT molecular complexity index is 752. The minimum absolute atomic E-state index is 0.0352. The van der Waals surface area contributed by atoms with Gasteiger partial charge in [-0.3, -0.25) is 4.79 Å². The average Bonchev–Trinajstić information content (AvgIpc) is 2.91. The second kappa shape index (κ2) is 5.77. The molecule has 3 aromatic rings. The summed E-state index contributed by atoms with van der Waals surface area (Å²) in [6.07, 6.45) is 0. The molecule has 2 aromatic carbocycles. The minimum Gasteiger partial charge on any atom is -0.348 e. The van der Waals surface area contributed by atoms with Gasteiger partial charge in [-0.05, 0) is 17.7 Å². The third kappa shape index (κ3) is 2.62. The number of amides is 1. The Morgan fingerprint density at radius 3 is 2.70 bits per heavy atom. The number of hydrogen-bond donors (Lipinski definition) is 1. The van der Waals surface area contributed by atoms with E-state index in [-0.39, 0.29) is 5.91 Å². The van der Waals surface area contributed by atoms with Crippen molar-refractivity contribution in [2.45, 2.75) is 6.54 Å². The molecular weight excluding hydrogens is 334 g/mol. The molecule has 20 heavy (non-hydrogen) atoms. The Morgan fingerprint density at radius 1 is 1.10 bits per heavy atom. The highest BCUT2D eigenvalue weighted by atomic mass is 79.9. The van der Waals surface area contributed by atoms with E-state index in [1.54, 1.807) is 11.3 Å². The summed E-state index contributed by atoms with van der Waals surface area (Å²) in [7, 11) is 0. The summed E-state index contributed by atoms with van der Waals surface area (Å²) in [6.45, 7) is 0.543. The Hall–Kier alpha value is -1.65. The first-order chi connectivity index (χ1) is 9.75. The van der Waals surface area contributed by atoms with Crippen LogP contribution in [0.5, 0.6) is 0 Å². The van der Waals surface area contributed by atoms with Crippen LogP contribution < -0.4 is 5.32 Å². The predicted molar refractivity (Wildman–Crippen MR) is 87.1 cm³/mol. The number of nitrogens with one attached hydrogen (secondary N) is 1. The van der Waals surface area contributed by atoms with Crippen LogP contribution in [0.1, 0.15) is 15.9 Å². The second-order valence-corrected chi connectivity index (χ2v) is 6.20. The number of carbonyl (C=O) groups is 1. The molecular formula is C16H12BrNOS. The second-order valence-electron chi connectivity index (χ2n) is 4.43. The highest BCUT2D eigenvalue weighted by Gasteiger charge is 2.13. The molecule has 0 aliphatic heterocycles. The van der Waals surface area contributed by atoms with Crippen molar-refractivity contribution in [2.75, 3.05) is 0 Å². The lowest BCUT2D eigenvalue weighted by atomic mass is 10.1. The fourth-order valence-electron chi connectivity index (χ4n) is 2.09. The molecule has 1 amide bonds. The largest absolute Gasteiger partial charge is 0.348 e. The predicted octanol–water partition coefficient (Wildman–Crippen LogP) is 4.59. The maximum Gasteiger partial charge on any atom is 0.253 e. The van der Waals surface area contributed by atoms with Crippen LogP contribution in [0.4, 0.5) is 0 Å². The molecule has 0 fully saturated rings. The van der Waals surface area contributed by atoms with Crippen molar-refractivity contribution in [3.05, 3.63) is 69.5 Å². The summed E-state index contributed by atoms with van der Waals surface area (Å²) in [4.78, 5) is 12.3. The number of halogens is 1. The van der Waals surface area contributed by atoms with Crippen molar-refractivity contribution in [3.8, 4) is 0 Å². The van der Waals surface area contributed by atoms with E-state index >= 15 is 0 Å². The van der Waals surface area contributed by atoms with Crippen LogP contribution in [0.3, 0.4) is 0 Å². The van der Waals surface area contributed by atoms with Crippen LogP contribution in [0.2, 0.25) is 0 Å². The zero-order valence-corrected chi connectivity index (χ0v) is 13.0. The topological polar surface area (TPSA) is 29.1 Å². The number of carbonyl (C=O) groups excluding carboxylic acids is 1. The van der Waals surface area contributed by atoms with E-state index in [1.807, 2.05) is 53.9 Å². The lowest BCUT2D eigenvalue weighted by Crippen LogP contribution is -2.22. The monoisotopic (exact) mass is 345 g/mol. The summed E-state index contributed by atoms with van der Waals surface area (Å²) in [5.41, 5.74) is 1.83. The van der Waals surface area contributed by atoms with Gasteiger partial charge in [0.15, 0.2) is 0 Å². The Kier molecular flexibility index (Phi) is 3.85. The van der Waals surface area contributed by atoms with Crippen molar-refractivity contribution < 1.29 is 4.79 Å². The molecule has 0 atom stereocenters. The number of hydrogen-bond acceptors (Lipinski definition) is 2. The van der Waals surface area contributed by atoms with Crippen LogP contribution >= 0.6 is 27.3 Å². The van der Waals surface area contributed by atoms with Crippen LogP contribution in [0.15, 0.2) is 58.4 Å². The summed E-state index contributed by atoms with van der Waals surface area (Å²) in [5, 5.41) is 5.87. The SMILES string of the molecule is O=C(NCc1ccccc1)c1csc2cccc(Br)c12. The van der Waals surface area contributed by atoms with Gasteiger partial charge in [0, 0.05) is 26.5 Å². The smallest absolute Gasteiger partial charge is 0.253 e. The number of benzene rings is 2. The summed E-state index contributed by atoms with van der Waals surface area (Å²) < 4.78 is 2.07. The molecule has 2 nitrogen and oxygen atoms in total. The molecule has 4 heteroatoms. The third-order valence-corrected chi connectivity index (χ3v) is 4.70. The van der Waals surface area contributed by atoms with Gasteiger partial charge >= 0.3 is 0 Å². The maximum absolute atomic E-state index is 12.3. The molecule has 0 unspecified atom stereocenters. The fourth-order valence-corrected chi connectivity index (χ4v) is 3.76. The van der Waals surface area contributed by atoms with Crippen LogP contribution in [-0.4, -0.2) is 5.91 Å². The normalized spacial score (nSPS) is 10.7. The molecule has 1 aromatic heterocycles. The van der Waals surface area contributed by atoms with Gasteiger partial charge in [-0.25, -0.2) is 0 Å². The minimum atomic E-state index is -0.0352. The molecule has 0 aliphatic rings. The molecule has 3 rings (SSSR count). The summed E-state index contributed by atoms with van der Waals surface area (Å²) >= 11 is 5.11. The standard InChI is InChI=1S/C16H12BrNOS/c17-13-7-4-8-14-15(13)12(10-20-14)16(19)18-9-11-5-2-1-3-6-11/h1-8,10H,9H2,(H,18,19). The van der Waals surface area contributed by atoms with E-state index in [0.717, 1.165) is 25.7 Å². The van der Waals surface area contributed by atoms with Gasteiger partial charge in [0.05, 0.1) is 5.56 Å².